The van der Waals surface area contributed by atoms with Gasteiger partial charge in [0.15, 0.2) is 0 Å². The van der Waals surface area contributed by atoms with Crippen molar-refractivity contribution in [1.29, 1.82) is 0 Å². The number of nitrogens with zero attached hydrogens (tertiary/aromatic N) is 1. The lowest BCUT2D eigenvalue weighted by Gasteiger charge is -2.36. The summed E-state index contributed by atoms with van der Waals surface area (Å²) in [5.41, 5.74) is 0.678. The predicted octanol–water partition coefficient (Wildman–Crippen LogP) is 2.20. The molecule has 2 aliphatic rings. The second kappa shape index (κ2) is 8.20. The lowest BCUT2D eigenvalue weighted by atomic mass is 10.1. The van der Waals surface area contributed by atoms with Crippen LogP contribution in [0.2, 0.25) is 0 Å². The number of alkyl halides is 2. The molecule has 3 rings (SSSR count). The smallest absolute Gasteiger partial charge is 0.387 e. The van der Waals surface area contributed by atoms with Gasteiger partial charge in [0.25, 0.3) is 0 Å². The van der Waals surface area contributed by atoms with Crippen LogP contribution < -0.4 is 4.74 Å². The lowest BCUT2D eigenvalue weighted by Crippen LogP contribution is -2.48. The van der Waals surface area contributed by atoms with E-state index in [2.05, 4.69) is 9.64 Å². The highest BCUT2D eigenvalue weighted by Gasteiger charge is 2.31. The van der Waals surface area contributed by atoms with E-state index >= 15 is 0 Å². The van der Waals surface area contributed by atoms with Gasteiger partial charge in [-0.25, -0.2) is 0 Å². The molecule has 5 nitrogen and oxygen atoms in total. The van der Waals surface area contributed by atoms with Gasteiger partial charge in [-0.05, 0) is 30.5 Å². The zero-order valence-electron chi connectivity index (χ0n) is 13.4. The van der Waals surface area contributed by atoms with Crippen molar-refractivity contribution in [3.63, 3.8) is 0 Å². The second-order valence-electron chi connectivity index (χ2n) is 6.18. The summed E-state index contributed by atoms with van der Waals surface area (Å²) in [5.74, 6) is 0.0887. The van der Waals surface area contributed by atoms with Gasteiger partial charge in [0.2, 0.25) is 0 Å². The van der Waals surface area contributed by atoms with Crippen LogP contribution in [0.25, 0.3) is 0 Å². The van der Waals surface area contributed by atoms with Gasteiger partial charge in [-0.2, -0.15) is 8.78 Å². The Hall–Kier alpha value is -1.28. The number of rotatable bonds is 6. The summed E-state index contributed by atoms with van der Waals surface area (Å²) in [6.45, 7) is 0.533. The largest absolute Gasteiger partial charge is 0.435 e. The van der Waals surface area contributed by atoms with Gasteiger partial charge in [0.1, 0.15) is 5.75 Å². The molecule has 2 saturated heterocycles. The fraction of sp³-hybridized carbons (Fsp3) is 0.647. The minimum absolute atomic E-state index is 0.0512. The second-order valence-corrected chi connectivity index (χ2v) is 6.18. The zero-order valence-corrected chi connectivity index (χ0v) is 13.4. The molecule has 1 N–H and O–H groups in total. The first-order chi connectivity index (χ1) is 11.6. The first-order valence-corrected chi connectivity index (χ1v) is 8.30. The minimum Gasteiger partial charge on any atom is -0.435 e. The molecule has 7 heteroatoms. The Bertz CT molecular complexity index is 508. The quantitative estimate of drug-likeness (QED) is 0.858. The molecule has 0 spiro atoms. The summed E-state index contributed by atoms with van der Waals surface area (Å²) in [6, 6.07) is 6.11. The van der Waals surface area contributed by atoms with E-state index in [4.69, 9.17) is 9.47 Å². The predicted molar refractivity (Wildman–Crippen MR) is 83.2 cm³/mol. The number of ether oxygens (including phenoxy) is 3. The monoisotopic (exact) mass is 343 g/mol. The van der Waals surface area contributed by atoms with Crippen molar-refractivity contribution in [2.24, 2.45) is 0 Å². The number of β-amino-alcohol motifs (C(OH)–C–C–N with tert-alkyl or cyclic N) is 1. The van der Waals surface area contributed by atoms with E-state index in [0.29, 0.717) is 18.7 Å². The summed E-state index contributed by atoms with van der Waals surface area (Å²) in [4.78, 5) is 2.16. The number of hydrogen-bond acceptors (Lipinski definition) is 5. The zero-order chi connectivity index (χ0) is 16.9. The molecule has 1 aromatic carbocycles. The SMILES string of the molecule is O[C@H](CN1CCO[C@@H]([C@@H]2CCCO2)C1)c1ccc(OC(F)F)cc1. The standard InChI is InChI=1S/C17H23F2NO4/c18-17(19)24-13-5-3-12(4-6-13)14(21)10-20-7-9-23-16(11-20)15-2-1-8-22-15/h3-6,14-17,21H,1-2,7-11H2/t14-,15+,16-/m1/s1. The van der Waals surface area contributed by atoms with Crippen LogP contribution in [0.4, 0.5) is 8.78 Å². The van der Waals surface area contributed by atoms with Gasteiger partial charge in [-0.3, -0.25) is 4.90 Å². The Morgan fingerprint density at radius 2 is 1.92 bits per heavy atom. The highest BCUT2D eigenvalue weighted by molar-refractivity contribution is 5.28. The van der Waals surface area contributed by atoms with Crippen molar-refractivity contribution in [3.05, 3.63) is 29.8 Å². The molecule has 2 aliphatic heterocycles. The van der Waals surface area contributed by atoms with Crippen LogP contribution in [0.3, 0.4) is 0 Å². The van der Waals surface area contributed by atoms with Crippen molar-refractivity contribution in [2.75, 3.05) is 32.8 Å². The highest BCUT2D eigenvalue weighted by atomic mass is 19.3. The molecule has 3 atom stereocenters. The summed E-state index contributed by atoms with van der Waals surface area (Å²) < 4.78 is 40.1. The van der Waals surface area contributed by atoms with E-state index in [1.165, 1.54) is 12.1 Å². The van der Waals surface area contributed by atoms with Gasteiger partial charge in [-0.1, -0.05) is 12.1 Å². The molecule has 0 aromatic heterocycles. The molecule has 0 unspecified atom stereocenters. The van der Waals surface area contributed by atoms with Crippen molar-refractivity contribution in [2.45, 2.75) is 37.8 Å². The molecule has 0 radical (unpaired) electrons. The number of benzene rings is 1. The molecule has 0 aliphatic carbocycles. The average molecular weight is 343 g/mol. The molecular formula is C17H23F2NO4. The normalized spacial score (nSPS) is 26.7. The van der Waals surface area contributed by atoms with Crippen molar-refractivity contribution in [3.8, 4) is 5.75 Å². The fourth-order valence-electron chi connectivity index (χ4n) is 3.24. The van der Waals surface area contributed by atoms with E-state index in [1.54, 1.807) is 12.1 Å². The third-order valence-corrected chi connectivity index (χ3v) is 4.48. The Labute approximate surface area is 140 Å². The summed E-state index contributed by atoms with van der Waals surface area (Å²) in [5, 5.41) is 10.4. The maximum absolute atomic E-state index is 12.2. The molecule has 1 aromatic rings. The molecule has 2 fully saturated rings. The Balaban J connectivity index is 1.52. The van der Waals surface area contributed by atoms with E-state index in [1.807, 2.05) is 0 Å². The average Bonchev–Trinajstić information content (AvgIpc) is 3.10. The van der Waals surface area contributed by atoms with Gasteiger partial charge >= 0.3 is 6.61 Å². The van der Waals surface area contributed by atoms with E-state index < -0.39 is 12.7 Å². The van der Waals surface area contributed by atoms with Crippen LogP contribution in [0.15, 0.2) is 24.3 Å². The Morgan fingerprint density at radius 3 is 2.58 bits per heavy atom. The molecule has 24 heavy (non-hydrogen) atoms. The molecule has 134 valence electrons. The van der Waals surface area contributed by atoms with Crippen molar-refractivity contribution >= 4 is 0 Å². The Kier molecular flexibility index (Phi) is 5.99. The third-order valence-electron chi connectivity index (χ3n) is 4.48. The molecule has 0 saturated carbocycles. The van der Waals surface area contributed by atoms with Crippen LogP contribution in [-0.2, 0) is 9.47 Å². The summed E-state index contributed by atoms with van der Waals surface area (Å²) in [6.07, 6.45) is 1.60. The van der Waals surface area contributed by atoms with E-state index in [0.717, 1.165) is 32.5 Å². The van der Waals surface area contributed by atoms with Gasteiger partial charge in [0, 0.05) is 26.2 Å². The number of aliphatic hydroxyl groups excluding tert-OH is 1. The number of morpholine rings is 1. The number of hydrogen-bond donors (Lipinski definition) is 1. The summed E-state index contributed by atoms with van der Waals surface area (Å²) in [7, 11) is 0. The maximum Gasteiger partial charge on any atom is 0.387 e. The van der Waals surface area contributed by atoms with E-state index in [-0.39, 0.29) is 18.0 Å². The lowest BCUT2D eigenvalue weighted by molar-refractivity contribution is -0.0996. The van der Waals surface area contributed by atoms with Gasteiger partial charge < -0.3 is 19.3 Å². The summed E-state index contributed by atoms with van der Waals surface area (Å²) >= 11 is 0. The van der Waals surface area contributed by atoms with Crippen LogP contribution in [0.5, 0.6) is 5.75 Å². The molecule has 0 amide bonds. The van der Waals surface area contributed by atoms with Crippen LogP contribution in [0, 0.1) is 0 Å². The molecule has 0 bridgehead atoms. The van der Waals surface area contributed by atoms with Crippen LogP contribution >= 0.6 is 0 Å². The molecule has 2 heterocycles. The third kappa shape index (κ3) is 4.63. The highest BCUT2D eigenvalue weighted by Crippen LogP contribution is 2.24. The van der Waals surface area contributed by atoms with Crippen molar-refractivity contribution < 1.29 is 28.1 Å². The van der Waals surface area contributed by atoms with Crippen LogP contribution in [-0.4, -0.2) is 61.7 Å². The topological polar surface area (TPSA) is 51.2 Å². The molecular weight excluding hydrogens is 320 g/mol. The van der Waals surface area contributed by atoms with Gasteiger partial charge in [0.05, 0.1) is 24.9 Å². The number of halogens is 2. The van der Waals surface area contributed by atoms with Crippen molar-refractivity contribution in [1.82, 2.24) is 4.90 Å². The first-order valence-electron chi connectivity index (χ1n) is 8.30. The van der Waals surface area contributed by atoms with E-state index in [9.17, 15) is 13.9 Å². The van der Waals surface area contributed by atoms with Gasteiger partial charge in [-0.15, -0.1) is 0 Å². The first kappa shape index (κ1) is 17.5. The fourth-order valence-corrected chi connectivity index (χ4v) is 3.24. The van der Waals surface area contributed by atoms with Crippen LogP contribution in [0.1, 0.15) is 24.5 Å². The Morgan fingerprint density at radius 1 is 1.17 bits per heavy atom. The maximum atomic E-state index is 12.2. The minimum atomic E-state index is -2.84. The number of aliphatic hydroxyl groups is 1.